The van der Waals surface area contributed by atoms with Crippen LogP contribution in [0.15, 0.2) is 47.5 Å². The van der Waals surface area contributed by atoms with Gasteiger partial charge in [0.05, 0.1) is 6.54 Å². The van der Waals surface area contributed by atoms with Crippen LogP contribution in [0.4, 0.5) is 0 Å². The van der Waals surface area contributed by atoms with Crippen molar-refractivity contribution in [1.82, 2.24) is 19.2 Å². The largest absolute Gasteiger partial charge is 0.477 e. The third-order valence-corrected chi connectivity index (χ3v) is 2.86. The van der Waals surface area contributed by atoms with Crippen LogP contribution in [0.3, 0.4) is 0 Å². The van der Waals surface area contributed by atoms with Crippen LogP contribution in [0, 0.1) is 0 Å². The Kier molecular flexibility index (Phi) is 2.79. The van der Waals surface area contributed by atoms with E-state index < -0.39 is 5.97 Å². The molecule has 0 radical (unpaired) electrons. The summed E-state index contributed by atoms with van der Waals surface area (Å²) in [6, 6.07) is 8.35. The van der Waals surface area contributed by atoms with E-state index in [2.05, 4.69) is 10.1 Å². The summed E-state index contributed by atoms with van der Waals surface area (Å²) in [5, 5.41) is 13.1. The number of nitrogens with zero attached hydrogens (tertiary/aromatic N) is 4. The first-order valence-electron chi connectivity index (χ1n) is 5.87. The highest BCUT2D eigenvalue weighted by Crippen LogP contribution is 2.04. The maximum atomic E-state index is 12.1. The van der Waals surface area contributed by atoms with Crippen LogP contribution in [0.1, 0.15) is 16.1 Å². The Morgan fingerprint density at radius 3 is 2.90 bits per heavy atom. The van der Waals surface area contributed by atoms with Gasteiger partial charge in [-0.3, -0.25) is 4.40 Å². The molecule has 0 aliphatic rings. The van der Waals surface area contributed by atoms with Crippen molar-refractivity contribution in [2.24, 2.45) is 0 Å². The third-order valence-electron chi connectivity index (χ3n) is 2.86. The molecule has 0 atom stereocenters. The van der Waals surface area contributed by atoms with Gasteiger partial charge in [-0.25, -0.2) is 19.3 Å². The Morgan fingerprint density at radius 1 is 1.30 bits per heavy atom. The normalized spacial score (nSPS) is 10.8. The average Bonchev–Trinajstić information content (AvgIpc) is 2.76. The number of fused-ring (bicyclic) bond motifs is 1. The number of hydrogen-bond donors (Lipinski definition) is 1. The monoisotopic (exact) mass is 270 g/mol. The molecule has 1 N–H and O–H groups in total. The van der Waals surface area contributed by atoms with Gasteiger partial charge in [0.25, 0.3) is 0 Å². The number of carboxylic acid groups (broad SMARTS) is 1. The summed E-state index contributed by atoms with van der Waals surface area (Å²) in [6.07, 6.45) is 3.04. The lowest BCUT2D eigenvalue weighted by atomic mass is 10.2. The fourth-order valence-corrected chi connectivity index (χ4v) is 1.93. The van der Waals surface area contributed by atoms with Crippen molar-refractivity contribution in [2.45, 2.75) is 6.54 Å². The number of aromatic carboxylic acids is 1. The molecule has 3 aromatic rings. The molecule has 0 unspecified atom stereocenters. The van der Waals surface area contributed by atoms with Crippen molar-refractivity contribution in [2.75, 3.05) is 0 Å². The van der Waals surface area contributed by atoms with Crippen molar-refractivity contribution in [3.63, 3.8) is 0 Å². The molecular weight excluding hydrogens is 260 g/mol. The molecule has 3 rings (SSSR count). The van der Waals surface area contributed by atoms with Crippen LogP contribution >= 0.6 is 0 Å². The van der Waals surface area contributed by atoms with E-state index in [1.165, 1.54) is 21.3 Å². The Balaban J connectivity index is 2.01. The first kappa shape index (κ1) is 12.1. The van der Waals surface area contributed by atoms with Crippen LogP contribution in [0.5, 0.6) is 0 Å². The zero-order valence-electron chi connectivity index (χ0n) is 10.3. The Labute approximate surface area is 112 Å². The number of pyridine rings is 2. The molecule has 3 aromatic heterocycles. The summed E-state index contributed by atoms with van der Waals surface area (Å²) in [6.45, 7) is 0.198. The topological polar surface area (TPSA) is 89.5 Å². The SMILES string of the molecule is O=C(O)c1cc(Cn2nc3ccccn3c2=O)ccn1. The summed E-state index contributed by atoms with van der Waals surface area (Å²) < 4.78 is 2.72. The Hall–Kier alpha value is -2.96. The fourth-order valence-electron chi connectivity index (χ4n) is 1.93. The van der Waals surface area contributed by atoms with Crippen LogP contribution in [-0.4, -0.2) is 30.2 Å². The third kappa shape index (κ3) is 2.05. The number of aromatic nitrogens is 4. The molecule has 0 aliphatic carbocycles. The molecule has 0 aliphatic heterocycles. The fraction of sp³-hybridized carbons (Fsp3) is 0.0769. The first-order chi connectivity index (χ1) is 9.65. The number of carboxylic acids is 1. The minimum Gasteiger partial charge on any atom is -0.477 e. The highest BCUT2D eigenvalue weighted by molar-refractivity contribution is 5.85. The Bertz CT molecular complexity index is 850. The summed E-state index contributed by atoms with van der Waals surface area (Å²) in [5.41, 5.74) is 0.876. The zero-order chi connectivity index (χ0) is 14.1. The van der Waals surface area contributed by atoms with Gasteiger partial charge in [0.2, 0.25) is 0 Å². The van der Waals surface area contributed by atoms with Crippen LogP contribution < -0.4 is 5.69 Å². The van der Waals surface area contributed by atoms with Crippen molar-refractivity contribution in [3.8, 4) is 0 Å². The minimum absolute atomic E-state index is 0.0562. The highest BCUT2D eigenvalue weighted by Gasteiger charge is 2.09. The van der Waals surface area contributed by atoms with Gasteiger partial charge in [-0.2, -0.15) is 0 Å². The number of hydrogen-bond acceptors (Lipinski definition) is 4. The number of rotatable bonds is 3. The van der Waals surface area contributed by atoms with Gasteiger partial charge >= 0.3 is 11.7 Å². The lowest BCUT2D eigenvalue weighted by Crippen LogP contribution is -2.21. The minimum atomic E-state index is -1.10. The first-order valence-corrected chi connectivity index (χ1v) is 5.87. The van der Waals surface area contributed by atoms with E-state index >= 15 is 0 Å². The van der Waals surface area contributed by atoms with Gasteiger partial charge in [-0.1, -0.05) is 6.07 Å². The van der Waals surface area contributed by atoms with Crippen LogP contribution in [-0.2, 0) is 6.54 Å². The zero-order valence-corrected chi connectivity index (χ0v) is 10.3. The van der Waals surface area contributed by atoms with E-state index in [0.717, 1.165) is 0 Å². The van der Waals surface area contributed by atoms with Gasteiger partial charge < -0.3 is 5.11 Å². The summed E-state index contributed by atoms with van der Waals surface area (Å²) >= 11 is 0. The van der Waals surface area contributed by atoms with E-state index in [1.807, 2.05) is 0 Å². The summed E-state index contributed by atoms with van der Waals surface area (Å²) in [7, 11) is 0. The molecule has 0 fully saturated rings. The number of carbonyl (C=O) groups is 1. The maximum Gasteiger partial charge on any atom is 0.354 e. The lowest BCUT2D eigenvalue weighted by molar-refractivity contribution is 0.0690. The molecule has 0 saturated heterocycles. The van der Waals surface area contributed by atoms with Gasteiger partial charge in [0, 0.05) is 12.4 Å². The van der Waals surface area contributed by atoms with E-state index in [1.54, 1.807) is 30.5 Å². The summed E-state index contributed by atoms with van der Waals surface area (Å²) in [5.74, 6) is -1.10. The van der Waals surface area contributed by atoms with Gasteiger partial charge in [0.1, 0.15) is 5.69 Å². The molecular formula is C13H10N4O3. The second-order valence-electron chi connectivity index (χ2n) is 4.22. The van der Waals surface area contributed by atoms with E-state index in [-0.39, 0.29) is 17.9 Å². The standard InChI is InChI=1S/C13H10N4O3/c18-12(19)10-7-9(4-5-14-10)8-17-13(20)16-6-2-1-3-11(16)15-17/h1-7H,8H2,(H,18,19). The van der Waals surface area contributed by atoms with Crippen molar-refractivity contribution < 1.29 is 9.90 Å². The maximum absolute atomic E-state index is 12.1. The van der Waals surface area contributed by atoms with E-state index in [0.29, 0.717) is 11.2 Å². The average molecular weight is 270 g/mol. The molecule has 0 amide bonds. The molecule has 7 heteroatoms. The molecule has 0 spiro atoms. The molecule has 0 saturated carbocycles. The van der Waals surface area contributed by atoms with E-state index in [9.17, 15) is 9.59 Å². The molecule has 3 heterocycles. The second kappa shape index (κ2) is 4.61. The highest BCUT2D eigenvalue weighted by atomic mass is 16.4. The van der Waals surface area contributed by atoms with Crippen LogP contribution in [0.2, 0.25) is 0 Å². The smallest absolute Gasteiger partial charge is 0.354 e. The van der Waals surface area contributed by atoms with Gasteiger partial charge in [-0.05, 0) is 29.8 Å². The van der Waals surface area contributed by atoms with Gasteiger partial charge in [-0.15, -0.1) is 5.10 Å². The quantitative estimate of drug-likeness (QED) is 0.754. The van der Waals surface area contributed by atoms with Crippen molar-refractivity contribution in [3.05, 3.63) is 64.5 Å². The van der Waals surface area contributed by atoms with E-state index in [4.69, 9.17) is 5.11 Å². The molecule has 100 valence electrons. The van der Waals surface area contributed by atoms with Gasteiger partial charge in [0.15, 0.2) is 5.65 Å². The molecule has 7 nitrogen and oxygen atoms in total. The van der Waals surface area contributed by atoms with Crippen molar-refractivity contribution in [1.29, 1.82) is 0 Å². The predicted octanol–water partition coefficient (Wildman–Crippen LogP) is 0.637. The second-order valence-corrected chi connectivity index (χ2v) is 4.22. The predicted molar refractivity (Wildman–Crippen MR) is 69.8 cm³/mol. The van der Waals surface area contributed by atoms with Crippen LogP contribution in [0.25, 0.3) is 5.65 Å². The molecule has 0 aromatic carbocycles. The molecule has 0 bridgehead atoms. The summed E-state index contributed by atoms with van der Waals surface area (Å²) in [4.78, 5) is 26.7. The Morgan fingerprint density at radius 2 is 2.15 bits per heavy atom. The lowest BCUT2D eigenvalue weighted by Gasteiger charge is -2.01. The van der Waals surface area contributed by atoms with Crippen molar-refractivity contribution >= 4 is 11.6 Å². The molecule has 20 heavy (non-hydrogen) atoms.